The van der Waals surface area contributed by atoms with E-state index in [2.05, 4.69) is 15.0 Å². The number of fused-ring (bicyclic) bond motifs is 1. The van der Waals surface area contributed by atoms with Gasteiger partial charge < -0.3 is 14.8 Å². The van der Waals surface area contributed by atoms with Gasteiger partial charge in [0, 0.05) is 11.6 Å². The summed E-state index contributed by atoms with van der Waals surface area (Å²) in [5.41, 5.74) is 1.95. The zero-order valence-corrected chi connectivity index (χ0v) is 11.5. The summed E-state index contributed by atoms with van der Waals surface area (Å²) < 4.78 is 5.34. The number of aromatic amines is 1. The van der Waals surface area contributed by atoms with E-state index in [0.29, 0.717) is 34.5 Å². The maximum Gasteiger partial charge on any atom is 0.215 e. The van der Waals surface area contributed by atoms with E-state index in [1.165, 1.54) is 6.07 Å². The predicted octanol–water partition coefficient (Wildman–Crippen LogP) is 3.38. The Morgan fingerprint density at radius 3 is 2.90 bits per heavy atom. The van der Waals surface area contributed by atoms with Gasteiger partial charge in [-0.15, -0.1) is 0 Å². The highest BCUT2D eigenvalue weighted by molar-refractivity contribution is 6.33. The van der Waals surface area contributed by atoms with Crippen LogP contribution in [0.5, 0.6) is 11.6 Å². The van der Waals surface area contributed by atoms with E-state index < -0.39 is 0 Å². The zero-order chi connectivity index (χ0) is 14.1. The van der Waals surface area contributed by atoms with Gasteiger partial charge in [-0.25, -0.2) is 4.98 Å². The van der Waals surface area contributed by atoms with Crippen molar-refractivity contribution >= 4 is 22.8 Å². The molecular weight excluding hydrogens is 278 g/mol. The molecule has 3 rings (SSSR count). The minimum absolute atomic E-state index is 0.132. The molecule has 0 saturated carbocycles. The molecule has 20 heavy (non-hydrogen) atoms. The van der Waals surface area contributed by atoms with Crippen LogP contribution in [0.4, 0.5) is 0 Å². The van der Waals surface area contributed by atoms with Crippen LogP contribution in [0, 0.1) is 0 Å². The second kappa shape index (κ2) is 5.02. The van der Waals surface area contributed by atoms with Crippen molar-refractivity contribution in [1.29, 1.82) is 0 Å². The third kappa shape index (κ3) is 2.28. The molecule has 2 aromatic heterocycles. The Morgan fingerprint density at radius 2 is 2.10 bits per heavy atom. The molecule has 102 valence electrons. The quantitative estimate of drug-likeness (QED) is 0.775. The van der Waals surface area contributed by atoms with Crippen LogP contribution in [0.25, 0.3) is 22.6 Å². The topological polar surface area (TPSA) is 71.0 Å². The number of aromatic nitrogens is 3. The number of nitrogens with one attached hydrogen (secondary N) is 1. The maximum atomic E-state index is 9.55. The summed E-state index contributed by atoms with van der Waals surface area (Å²) in [5.74, 6) is 1.22. The fourth-order valence-electron chi connectivity index (χ4n) is 1.93. The third-order valence-corrected chi connectivity index (χ3v) is 3.15. The minimum Gasteiger partial charge on any atom is -0.508 e. The summed E-state index contributed by atoms with van der Waals surface area (Å²) >= 11 is 6.12. The van der Waals surface area contributed by atoms with Crippen LogP contribution in [0.15, 0.2) is 30.3 Å². The van der Waals surface area contributed by atoms with Gasteiger partial charge in [-0.1, -0.05) is 11.6 Å². The zero-order valence-electron chi connectivity index (χ0n) is 10.7. The Labute approximate surface area is 120 Å². The highest BCUT2D eigenvalue weighted by atomic mass is 35.5. The monoisotopic (exact) mass is 289 g/mol. The molecule has 0 aliphatic rings. The van der Waals surface area contributed by atoms with Gasteiger partial charge in [0.15, 0.2) is 5.65 Å². The number of rotatable bonds is 3. The van der Waals surface area contributed by atoms with Crippen molar-refractivity contribution in [2.75, 3.05) is 6.61 Å². The summed E-state index contributed by atoms with van der Waals surface area (Å²) in [6, 6.07) is 8.33. The summed E-state index contributed by atoms with van der Waals surface area (Å²) in [7, 11) is 0. The van der Waals surface area contributed by atoms with E-state index in [1.807, 2.05) is 13.0 Å². The van der Waals surface area contributed by atoms with Crippen LogP contribution in [-0.2, 0) is 0 Å². The van der Waals surface area contributed by atoms with Gasteiger partial charge in [-0.2, -0.15) is 4.98 Å². The average molecular weight is 290 g/mol. The molecule has 0 saturated heterocycles. The van der Waals surface area contributed by atoms with Gasteiger partial charge in [0.05, 0.1) is 17.1 Å². The molecule has 0 fully saturated rings. The molecule has 0 unspecified atom stereocenters. The normalized spacial score (nSPS) is 10.9. The Hall–Kier alpha value is -2.27. The van der Waals surface area contributed by atoms with Crippen LogP contribution in [-0.4, -0.2) is 26.7 Å². The van der Waals surface area contributed by atoms with Gasteiger partial charge in [-0.05, 0) is 31.2 Å². The molecule has 0 bridgehead atoms. The lowest BCUT2D eigenvalue weighted by atomic mass is 10.2. The molecule has 6 heteroatoms. The highest BCUT2D eigenvalue weighted by Gasteiger charge is 2.11. The van der Waals surface area contributed by atoms with Crippen LogP contribution in [0.3, 0.4) is 0 Å². The lowest BCUT2D eigenvalue weighted by Gasteiger charge is -2.00. The lowest BCUT2D eigenvalue weighted by Crippen LogP contribution is -1.93. The number of pyridine rings is 1. The van der Waals surface area contributed by atoms with E-state index >= 15 is 0 Å². The number of nitrogens with zero attached hydrogens (tertiary/aromatic N) is 2. The number of hydrogen-bond donors (Lipinski definition) is 2. The molecule has 0 atom stereocenters. The fraction of sp³-hybridized carbons (Fsp3) is 0.143. The molecule has 0 aliphatic heterocycles. The van der Waals surface area contributed by atoms with Crippen LogP contribution in [0.2, 0.25) is 5.02 Å². The van der Waals surface area contributed by atoms with Crippen molar-refractivity contribution in [2.24, 2.45) is 0 Å². The molecule has 3 aromatic rings. The van der Waals surface area contributed by atoms with Crippen LogP contribution < -0.4 is 4.74 Å². The molecule has 1 aromatic carbocycles. The van der Waals surface area contributed by atoms with Crippen molar-refractivity contribution in [2.45, 2.75) is 6.92 Å². The maximum absolute atomic E-state index is 9.55. The number of benzene rings is 1. The highest BCUT2D eigenvalue weighted by Crippen LogP contribution is 2.30. The summed E-state index contributed by atoms with van der Waals surface area (Å²) in [6.07, 6.45) is 0. The van der Waals surface area contributed by atoms with E-state index in [0.717, 1.165) is 5.52 Å². The SMILES string of the molecule is CCOc1ccc2[nH]c(-c3cc(O)ccc3Cl)nc2n1. The number of hydrogen-bond acceptors (Lipinski definition) is 4. The van der Waals surface area contributed by atoms with Gasteiger partial charge in [-0.3, -0.25) is 0 Å². The molecule has 2 N–H and O–H groups in total. The van der Waals surface area contributed by atoms with E-state index in [4.69, 9.17) is 16.3 Å². The van der Waals surface area contributed by atoms with Crippen molar-refractivity contribution in [3.63, 3.8) is 0 Å². The molecule has 0 spiro atoms. The van der Waals surface area contributed by atoms with Crippen molar-refractivity contribution < 1.29 is 9.84 Å². The summed E-state index contributed by atoms with van der Waals surface area (Å²) in [5, 5.41) is 10.1. The average Bonchev–Trinajstić information content (AvgIpc) is 2.85. The number of phenolic OH excluding ortho intramolecular Hbond substituents is 1. The number of ether oxygens (including phenoxy) is 1. The Morgan fingerprint density at radius 1 is 1.25 bits per heavy atom. The predicted molar refractivity (Wildman–Crippen MR) is 77.2 cm³/mol. The first-order valence-electron chi connectivity index (χ1n) is 6.16. The lowest BCUT2D eigenvalue weighted by molar-refractivity contribution is 0.328. The number of phenols is 1. The molecule has 0 aliphatic carbocycles. The molecule has 0 amide bonds. The Balaban J connectivity index is 2.10. The number of imidazole rings is 1. The van der Waals surface area contributed by atoms with E-state index in [-0.39, 0.29) is 5.75 Å². The first kappa shape index (κ1) is 12.7. The van der Waals surface area contributed by atoms with E-state index in [1.54, 1.807) is 18.2 Å². The summed E-state index contributed by atoms with van der Waals surface area (Å²) in [6.45, 7) is 2.45. The first-order chi connectivity index (χ1) is 9.67. The molecule has 5 nitrogen and oxygen atoms in total. The van der Waals surface area contributed by atoms with E-state index in [9.17, 15) is 5.11 Å². The van der Waals surface area contributed by atoms with Gasteiger partial charge in [0.2, 0.25) is 5.88 Å². The number of halogens is 1. The van der Waals surface area contributed by atoms with Crippen molar-refractivity contribution in [3.05, 3.63) is 35.4 Å². The second-order valence-electron chi connectivity index (χ2n) is 4.20. The Kier molecular flexibility index (Phi) is 3.20. The number of aromatic hydroxyl groups is 1. The third-order valence-electron chi connectivity index (χ3n) is 2.82. The second-order valence-corrected chi connectivity index (χ2v) is 4.61. The van der Waals surface area contributed by atoms with Crippen LogP contribution >= 0.6 is 11.6 Å². The molecular formula is C14H12ClN3O2. The largest absolute Gasteiger partial charge is 0.508 e. The number of H-pyrrole nitrogens is 1. The van der Waals surface area contributed by atoms with Gasteiger partial charge in [0.25, 0.3) is 0 Å². The van der Waals surface area contributed by atoms with Crippen molar-refractivity contribution in [3.8, 4) is 23.0 Å². The smallest absolute Gasteiger partial charge is 0.215 e. The standard InChI is InChI=1S/C14H12ClN3O2/c1-2-20-12-6-5-11-14(17-12)18-13(16-11)9-7-8(19)3-4-10(9)15/h3-7,19H,2H2,1H3,(H,16,17,18). The molecule has 0 radical (unpaired) electrons. The minimum atomic E-state index is 0.132. The van der Waals surface area contributed by atoms with Crippen molar-refractivity contribution in [1.82, 2.24) is 15.0 Å². The van der Waals surface area contributed by atoms with Gasteiger partial charge in [0.1, 0.15) is 11.6 Å². The van der Waals surface area contributed by atoms with Crippen LogP contribution in [0.1, 0.15) is 6.92 Å². The fourth-order valence-corrected chi connectivity index (χ4v) is 2.13. The van der Waals surface area contributed by atoms with Gasteiger partial charge >= 0.3 is 0 Å². The molecule has 2 heterocycles. The first-order valence-corrected chi connectivity index (χ1v) is 6.53. The Bertz CT molecular complexity index is 770. The summed E-state index contributed by atoms with van der Waals surface area (Å²) in [4.78, 5) is 11.8.